The van der Waals surface area contributed by atoms with Gasteiger partial charge in [0.2, 0.25) is 0 Å². The van der Waals surface area contributed by atoms with Gasteiger partial charge in [0.15, 0.2) is 0 Å². The van der Waals surface area contributed by atoms with Crippen LogP contribution in [0.1, 0.15) is 42.3 Å². The van der Waals surface area contributed by atoms with Crippen molar-refractivity contribution in [2.75, 3.05) is 0 Å². The first kappa shape index (κ1) is 14.6. The predicted octanol–water partition coefficient (Wildman–Crippen LogP) is 2.46. The van der Waals surface area contributed by atoms with Crippen LogP contribution in [-0.2, 0) is 6.42 Å². The first-order chi connectivity index (χ1) is 7.99. The van der Waals surface area contributed by atoms with Gasteiger partial charge >= 0.3 is 0 Å². The normalized spacial score (nSPS) is 15.2. The van der Waals surface area contributed by atoms with E-state index < -0.39 is 12.2 Å². The van der Waals surface area contributed by atoms with Gasteiger partial charge in [-0.05, 0) is 19.8 Å². The lowest BCUT2D eigenvalue weighted by molar-refractivity contribution is -0.0188. The van der Waals surface area contributed by atoms with Crippen LogP contribution in [0.3, 0.4) is 0 Å². The Morgan fingerprint density at radius 2 is 1.76 bits per heavy atom. The van der Waals surface area contributed by atoms with Crippen LogP contribution < -0.4 is 0 Å². The Morgan fingerprint density at radius 3 is 2.18 bits per heavy atom. The molecule has 98 valence electrons. The molecular formula is C13H23NO2S. The maximum atomic E-state index is 10.0. The minimum Gasteiger partial charge on any atom is -0.390 e. The quantitative estimate of drug-likeness (QED) is 0.823. The molecule has 0 radical (unpaired) electrons. The maximum absolute atomic E-state index is 10.0. The van der Waals surface area contributed by atoms with E-state index in [2.05, 4.69) is 4.98 Å². The topological polar surface area (TPSA) is 53.4 Å². The molecule has 0 aliphatic carbocycles. The lowest BCUT2D eigenvalue weighted by Gasteiger charge is -2.24. The van der Waals surface area contributed by atoms with Crippen molar-refractivity contribution in [3.8, 4) is 0 Å². The molecule has 0 saturated heterocycles. The van der Waals surface area contributed by atoms with Crippen LogP contribution in [0, 0.1) is 19.8 Å². The molecule has 0 bridgehead atoms. The number of aliphatic hydroxyl groups excluding tert-OH is 2. The Kier molecular flexibility index (Phi) is 5.56. The second kappa shape index (κ2) is 6.47. The highest BCUT2D eigenvalue weighted by Gasteiger charge is 2.24. The van der Waals surface area contributed by atoms with Crippen molar-refractivity contribution in [2.24, 2.45) is 5.92 Å². The summed E-state index contributed by atoms with van der Waals surface area (Å²) in [5, 5.41) is 21.0. The number of hydrogen-bond donors (Lipinski definition) is 2. The molecule has 1 aromatic heterocycles. The number of aromatic nitrogens is 1. The highest BCUT2D eigenvalue weighted by Crippen LogP contribution is 2.22. The Balaban J connectivity index is 2.62. The molecule has 4 heteroatoms. The molecule has 0 amide bonds. The number of nitrogens with zero attached hydrogens (tertiary/aromatic N) is 1. The van der Waals surface area contributed by atoms with Crippen LogP contribution in [0.25, 0.3) is 0 Å². The Labute approximate surface area is 108 Å². The van der Waals surface area contributed by atoms with Crippen LogP contribution in [0.15, 0.2) is 0 Å². The van der Waals surface area contributed by atoms with E-state index in [0.29, 0.717) is 6.42 Å². The molecule has 1 rings (SSSR count). The second-order valence-electron chi connectivity index (χ2n) is 4.59. The second-order valence-corrected chi connectivity index (χ2v) is 5.88. The summed E-state index contributed by atoms with van der Waals surface area (Å²) >= 11 is 1.60. The van der Waals surface area contributed by atoms with Gasteiger partial charge in [-0.25, -0.2) is 4.98 Å². The zero-order valence-electron chi connectivity index (χ0n) is 11.1. The Hall–Kier alpha value is -0.450. The molecule has 17 heavy (non-hydrogen) atoms. The van der Waals surface area contributed by atoms with Crippen LogP contribution in [0.2, 0.25) is 0 Å². The predicted molar refractivity (Wildman–Crippen MR) is 71.4 cm³/mol. The molecule has 1 aromatic rings. The first-order valence-electron chi connectivity index (χ1n) is 6.28. The third-order valence-electron chi connectivity index (χ3n) is 3.38. The van der Waals surface area contributed by atoms with Gasteiger partial charge in [0.25, 0.3) is 0 Å². The highest BCUT2D eigenvalue weighted by atomic mass is 32.1. The lowest BCUT2D eigenvalue weighted by atomic mass is 9.92. The monoisotopic (exact) mass is 257 g/mol. The van der Waals surface area contributed by atoms with Gasteiger partial charge in [0.05, 0.1) is 22.9 Å². The minimum atomic E-state index is -0.704. The molecule has 2 unspecified atom stereocenters. The fraction of sp³-hybridized carbons (Fsp3) is 0.769. The molecule has 1 heterocycles. The van der Waals surface area contributed by atoms with E-state index in [0.717, 1.165) is 23.5 Å². The minimum absolute atomic E-state index is 0.173. The van der Waals surface area contributed by atoms with E-state index in [1.807, 2.05) is 27.7 Å². The zero-order valence-corrected chi connectivity index (χ0v) is 11.9. The summed E-state index contributed by atoms with van der Waals surface area (Å²) in [5.74, 6) is 0.173. The third kappa shape index (κ3) is 3.76. The Bertz CT molecular complexity index is 328. The van der Waals surface area contributed by atoms with Crippen LogP contribution in [0.4, 0.5) is 0 Å². The summed E-state index contributed by atoms with van der Waals surface area (Å²) in [6.07, 6.45) is 0.895. The average molecular weight is 257 g/mol. The lowest BCUT2D eigenvalue weighted by Crippen LogP contribution is -2.34. The number of aliphatic hydroxyl groups is 2. The first-order valence-corrected chi connectivity index (χ1v) is 7.10. The van der Waals surface area contributed by atoms with Crippen LogP contribution >= 0.6 is 11.3 Å². The largest absolute Gasteiger partial charge is 0.390 e. The van der Waals surface area contributed by atoms with E-state index in [-0.39, 0.29) is 5.92 Å². The summed E-state index contributed by atoms with van der Waals surface area (Å²) in [5.41, 5.74) is 1.02. The van der Waals surface area contributed by atoms with E-state index in [1.165, 1.54) is 4.88 Å². The standard InChI is InChI=1S/C13H23NO2S/c1-5-10(6-2)13(16)11(15)7-12-14-8(3)9(4)17-12/h10-11,13,15-16H,5-7H2,1-4H3. The van der Waals surface area contributed by atoms with Gasteiger partial charge in [-0.15, -0.1) is 11.3 Å². The van der Waals surface area contributed by atoms with Crippen molar-refractivity contribution in [3.05, 3.63) is 15.6 Å². The third-order valence-corrected chi connectivity index (χ3v) is 4.48. The van der Waals surface area contributed by atoms with Gasteiger partial charge in [-0.2, -0.15) is 0 Å². The molecule has 0 aliphatic heterocycles. The average Bonchev–Trinajstić information content (AvgIpc) is 2.59. The van der Waals surface area contributed by atoms with Gasteiger partial charge in [-0.3, -0.25) is 0 Å². The number of thiazole rings is 1. The van der Waals surface area contributed by atoms with Crippen molar-refractivity contribution in [2.45, 2.75) is 59.2 Å². The van der Waals surface area contributed by atoms with Crippen LogP contribution in [-0.4, -0.2) is 27.4 Å². The van der Waals surface area contributed by atoms with Crippen molar-refractivity contribution >= 4 is 11.3 Å². The molecular weight excluding hydrogens is 234 g/mol. The van der Waals surface area contributed by atoms with E-state index >= 15 is 0 Å². The summed E-state index contributed by atoms with van der Waals surface area (Å²) in [7, 11) is 0. The Morgan fingerprint density at radius 1 is 1.18 bits per heavy atom. The fourth-order valence-corrected chi connectivity index (χ4v) is 3.00. The summed E-state index contributed by atoms with van der Waals surface area (Å²) in [4.78, 5) is 5.58. The zero-order chi connectivity index (χ0) is 13.0. The molecule has 3 nitrogen and oxygen atoms in total. The SMILES string of the molecule is CCC(CC)C(O)C(O)Cc1nc(C)c(C)s1. The molecule has 2 N–H and O–H groups in total. The molecule has 0 aliphatic rings. The summed E-state index contributed by atoms with van der Waals surface area (Å²) in [6.45, 7) is 8.09. The fourth-order valence-electron chi connectivity index (χ4n) is 2.01. The van der Waals surface area contributed by atoms with Gasteiger partial charge in [0.1, 0.15) is 0 Å². The smallest absolute Gasteiger partial charge is 0.0957 e. The number of aryl methyl sites for hydroxylation is 2. The molecule has 0 spiro atoms. The summed E-state index contributed by atoms with van der Waals surface area (Å²) in [6, 6.07) is 0. The van der Waals surface area contributed by atoms with Crippen molar-refractivity contribution in [3.63, 3.8) is 0 Å². The molecule has 0 saturated carbocycles. The number of hydrogen-bond acceptors (Lipinski definition) is 4. The van der Waals surface area contributed by atoms with Crippen molar-refractivity contribution in [1.82, 2.24) is 4.98 Å². The summed E-state index contributed by atoms with van der Waals surface area (Å²) < 4.78 is 0. The van der Waals surface area contributed by atoms with Crippen molar-refractivity contribution < 1.29 is 10.2 Å². The molecule has 0 aromatic carbocycles. The van der Waals surface area contributed by atoms with Crippen molar-refractivity contribution in [1.29, 1.82) is 0 Å². The van der Waals surface area contributed by atoms with Gasteiger partial charge in [-0.1, -0.05) is 26.7 Å². The molecule has 2 atom stereocenters. The van der Waals surface area contributed by atoms with E-state index in [9.17, 15) is 10.2 Å². The van der Waals surface area contributed by atoms with E-state index in [4.69, 9.17) is 0 Å². The van der Waals surface area contributed by atoms with E-state index in [1.54, 1.807) is 11.3 Å². The highest BCUT2D eigenvalue weighted by molar-refractivity contribution is 7.11. The molecule has 0 fully saturated rings. The van der Waals surface area contributed by atoms with Gasteiger partial charge < -0.3 is 10.2 Å². The van der Waals surface area contributed by atoms with Gasteiger partial charge in [0, 0.05) is 11.3 Å². The number of rotatable bonds is 6. The van der Waals surface area contributed by atoms with Crippen LogP contribution in [0.5, 0.6) is 0 Å². The maximum Gasteiger partial charge on any atom is 0.0957 e.